The van der Waals surface area contributed by atoms with Gasteiger partial charge in [0, 0.05) is 18.7 Å². The Balaban J connectivity index is 2.60. The van der Waals surface area contributed by atoms with Gasteiger partial charge >= 0.3 is 0 Å². The summed E-state index contributed by atoms with van der Waals surface area (Å²) < 4.78 is 26.3. The first-order valence-electron chi connectivity index (χ1n) is 6.79. The summed E-state index contributed by atoms with van der Waals surface area (Å²) in [5, 5.41) is 5.84. The van der Waals surface area contributed by atoms with Gasteiger partial charge in [0.25, 0.3) is 0 Å². The van der Waals surface area contributed by atoms with Crippen molar-refractivity contribution in [3.63, 3.8) is 0 Å². The smallest absolute Gasteiger partial charge is 0.236 e. The van der Waals surface area contributed by atoms with E-state index in [1.165, 1.54) is 12.1 Å². The Kier molecular flexibility index (Phi) is 6.07. The Labute approximate surface area is 118 Å². The van der Waals surface area contributed by atoms with E-state index in [0.717, 1.165) is 6.07 Å². The van der Waals surface area contributed by atoms with Gasteiger partial charge in [-0.1, -0.05) is 13.8 Å². The van der Waals surface area contributed by atoms with Crippen LogP contribution < -0.4 is 10.6 Å². The van der Waals surface area contributed by atoms with Crippen LogP contribution in [0.2, 0.25) is 0 Å². The zero-order valence-corrected chi connectivity index (χ0v) is 12.3. The van der Waals surface area contributed by atoms with Gasteiger partial charge in [-0.25, -0.2) is 8.78 Å². The van der Waals surface area contributed by atoms with Gasteiger partial charge in [0.05, 0.1) is 6.04 Å². The summed E-state index contributed by atoms with van der Waals surface area (Å²) >= 11 is 0. The summed E-state index contributed by atoms with van der Waals surface area (Å²) in [7, 11) is 0. The molecule has 0 saturated heterocycles. The summed E-state index contributed by atoms with van der Waals surface area (Å²) in [6, 6.07) is 2.60. The highest BCUT2D eigenvalue weighted by Crippen LogP contribution is 2.16. The van der Waals surface area contributed by atoms with Crippen LogP contribution in [0.3, 0.4) is 0 Å². The fraction of sp³-hybridized carbons (Fsp3) is 0.533. The summed E-state index contributed by atoms with van der Waals surface area (Å²) in [5.74, 6) is -0.987. The van der Waals surface area contributed by atoms with Crippen LogP contribution in [-0.2, 0) is 4.79 Å². The molecule has 2 N–H and O–H groups in total. The third-order valence-electron chi connectivity index (χ3n) is 2.96. The molecule has 20 heavy (non-hydrogen) atoms. The Morgan fingerprint density at radius 2 is 1.65 bits per heavy atom. The number of halogens is 2. The first kappa shape index (κ1) is 16.6. The maximum atomic E-state index is 13.1. The lowest BCUT2D eigenvalue weighted by Gasteiger charge is -2.20. The lowest BCUT2D eigenvalue weighted by atomic mass is 10.1. The van der Waals surface area contributed by atoms with Crippen molar-refractivity contribution in [1.29, 1.82) is 0 Å². The fourth-order valence-electron chi connectivity index (χ4n) is 1.83. The van der Waals surface area contributed by atoms with Crippen molar-refractivity contribution in [2.24, 2.45) is 5.92 Å². The van der Waals surface area contributed by atoms with E-state index in [4.69, 9.17) is 0 Å². The van der Waals surface area contributed by atoms with Crippen LogP contribution >= 0.6 is 0 Å². The van der Waals surface area contributed by atoms with Crippen molar-refractivity contribution in [1.82, 2.24) is 10.6 Å². The highest BCUT2D eigenvalue weighted by Gasteiger charge is 2.17. The number of nitrogens with one attached hydrogen (secondary N) is 2. The van der Waals surface area contributed by atoms with Crippen molar-refractivity contribution in [2.75, 3.05) is 6.54 Å². The molecule has 2 unspecified atom stereocenters. The van der Waals surface area contributed by atoms with Crippen molar-refractivity contribution < 1.29 is 13.6 Å². The third-order valence-corrected chi connectivity index (χ3v) is 2.96. The molecule has 0 aliphatic heterocycles. The molecule has 5 heteroatoms. The molecule has 0 aromatic heterocycles. The van der Waals surface area contributed by atoms with E-state index in [1.54, 1.807) is 13.8 Å². The zero-order valence-electron chi connectivity index (χ0n) is 12.3. The summed E-state index contributed by atoms with van der Waals surface area (Å²) in [4.78, 5) is 11.8. The molecule has 0 radical (unpaired) electrons. The van der Waals surface area contributed by atoms with Gasteiger partial charge in [0.15, 0.2) is 0 Å². The van der Waals surface area contributed by atoms with E-state index in [2.05, 4.69) is 10.6 Å². The highest BCUT2D eigenvalue weighted by atomic mass is 19.1. The fourth-order valence-corrected chi connectivity index (χ4v) is 1.83. The first-order chi connectivity index (χ1) is 9.29. The van der Waals surface area contributed by atoms with Crippen LogP contribution in [0, 0.1) is 17.6 Å². The van der Waals surface area contributed by atoms with Crippen LogP contribution in [0.1, 0.15) is 39.3 Å². The van der Waals surface area contributed by atoms with Crippen LogP contribution in [-0.4, -0.2) is 18.5 Å². The minimum atomic E-state index is -0.620. The molecule has 0 heterocycles. The van der Waals surface area contributed by atoms with Crippen molar-refractivity contribution in [3.8, 4) is 0 Å². The molecule has 0 spiro atoms. The Hall–Kier alpha value is -1.49. The zero-order chi connectivity index (χ0) is 15.3. The molecule has 1 aromatic rings. The maximum absolute atomic E-state index is 13.1. The lowest BCUT2D eigenvalue weighted by molar-refractivity contribution is -0.123. The minimum absolute atomic E-state index is 0.123. The number of carbonyl (C=O) groups is 1. The molecule has 112 valence electrons. The first-order valence-corrected chi connectivity index (χ1v) is 6.79. The van der Waals surface area contributed by atoms with Gasteiger partial charge in [0.2, 0.25) is 5.91 Å². The minimum Gasteiger partial charge on any atom is -0.354 e. The number of hydrogen-bond acceptors (Lipinski definition) is 2. The molecule has 3 nitrogen and oxygen atoms in total. The summed E-state index contributed by atoms with van der Waals surface area (Å²) in [6.45, 7) is 8.11. The number of carbonyl (C=O) groups excluding carboxylic acids is 1. The van der Waals surface area contributed by atoms with E-state index in [1.807, 2.05) is 13.8 Å². The number of benzene rings is 1. The van der Waals surface area contributed by atoms with Crippen LogP contribution in [0.25, 0.3) is 0 Å². The molecule has 0 bridgehead atoms. The molecule has 1 rings (SSSR count). The van der Waals surface area contributed by atoms with E-state index < -0.39 is 17.7 Å². The van der Waals surface area contributed by atoms with E-state index in [-0.39, 0.29) is 11.9 Å². The van der Waals surface area contributed by atoms with Gasteiger partial charge in [-0.2, -0.15) is 0 Å². The highest BCUT2D eigenvalue weighted by molar-refractivity contribution is 5.81. The molecule has 0 aliphatic rings. The third kappa shape index (κ3) is 5.25. The van der Waals surface area contributed by atoms with E-state index in [9.17, 15) is 13.6 Å². The molecule has 2 atom stereocenters. The average Bonchev–Trinajstić information content (AvgIpc) is 2.34. The van der Waals surface area contributed by atoms with Crippen LogP contribution in [0.5, 0.6) is 0 Å². The SMILES string of the molecule is CC(C)CNC(=O)C(C)NC(C)c1cc(F)cc(F)c1. The lowest BCUT2D eigenvalue weighted by Crippen LogP contribution is -2.44. The number of amides is 1. The quantitative estimate of drug-likeness (QED) is 0.843. The van der Waals surface area contributed by atoms with Crippen molar-refractivity contribution in [2.45, 2.75) is 39.8 Å². The standard InChI is InChI=1S/C15H22F2N2O/c1-9(2)8-18-15(20)11(4)19-10(3)12-5-13(16)7-14(17)6-12/h5-7,9-11,19H,8H2,1-4H3,(H,18,20). The second kappa shape index (κ2) is 7.33. The molecule has 1 amide bonds. The predicted octanol–water partition coefficient (Wildman–Crippen LogP) is 2.78. The number of rotatable bonds is 6. The summed E-state index contributed by atoms with van der Waals surface area (Å²) in [5.41, 5.74) is 0.478. The van der Waals surface area contributed by atoms with E-state index >= 15 is 0 Å². The topological polar surface area (TPSA) is 41.1 Å². The second-order valence-corrected chi connectivity index (χ2v) is 5.45. The van der Waals surface area contributed by atoms with Gasteiger partial charge < -0.3 is 5.32 Å². The molecule has 1 aromatic carbocycles. The number of hydrogen-bond donors (Lipinski definition) is 2. The second-order valence-electron chi connectivity index (χ2n) is 5.45. The van der Waals surface area contributed by atoms with Gasteiger partial charge in [-0.05, 0) is 37.5 Å². The molecular weight excluding hydrogens is 262 g/mol. The van der Waals surface area contributed by atoms with Crippen LogP contribution in [0.15, 0.2) is 18.2 Å². The predicted molar refractivity (Wildman–Crippen MR) is 75.2 cm³/mol. The largest absolute Gasteiger partial charge is 0.354 e. The Morgan fingerprint density at radius 1 is 1.10 bits per heavy atom. The molecule has 0 aliphatic carbocycles. The summed E-state index contributed by atoms with van der Waals surface area (Å²) in [6.07, 6.45) is 0. The van der Waals surface area contributed by atoms with Gasteiger partial charge in [-0.15, -0.1) is 0 Å². The molecule has 0 fully saturated rings. The van der Waals surface area contributed by atoms with Crippen molar-refractivity contribution >= 4 is 5.91 Å². The van der Waals surface area contributed by atoms with Crippen LogP contribution in [0.4, 0.5) is 8.78 Å². The monoisotopic (exact) mass is 284 g/mol. The normalized spacial score (nSPS) is 14.2. The molecule has 0 saturated carbocycles. The van der Waals surface area contributed by atoms with E-state index in [0.29, 0.717) is 18.0 Å². The Morgan fingerprint density at radius 3 is 2.15 bits per heavy atom. The maximum Gasteiger partial charge on any atom is 0.236 e. The molecular formula is C15H22F2N2O. The van der Waals surface area contributed by atoms with Crippen molar-refractivity contribution in [3.05, 3.63) is 35.4 Å². The van der Waals surface area contributed by atoms with Gasteiger partial charge in [0.1, 0.15) is 11.6 Å². The van der Waals surface area contributed by atoms with Gasteiger partial charge in [-0.3, -0.25) is 10.1 Å². The Bertz CT molecular complexity index is 443. The average molecular weight is 284 g/mol.